The molecule has 10 heteroatoms. The monoisotopic (exact) mass is 467 g/mol. The van der Waals surface area contributed by atoms with Crippen LogP contribution in [0.5, 0.6) is 5.75 Å². The third kappa shape index (κ3) is 3.99. The zero-order valence-electron chi connectivity index (χ0n) is 24.0. The number of nitrogens with zero attached hydrogens (tertiary/aromatic N) is 3. The van der Waals surface area contributed by atoms with Crippen LogP contribution in [-0.2, 0) is 30.1 Å². The molecule has 1 atom stereocenters. The van der Waals surface area contributed by atoms with E-state index in [0.717, 1.165) is 0 Å². The molecule has 0 amide bonds. The molecule has 1 aliphatic rings. The van der Waals surface area contributed by atoms with E-state index >= 15 is 0 Å². The molecular weight excluding hydrogens is 437 g/mol. The maximum Gasteiger partial charge on any atom is 1.00 e. The van der Waals surface area contributed by atoms with Gasteiger partial charge in [0.05, 0.1) is 36.0 Å². The summed E-state index contributed by atoms with van der Waals surface area (Å²) in [6.45, 7) is -6.17. The summed E-state index contributed by atoms with van der Waals surface area (Å²) in [7, 11) is 0. The third-order valence-electron chi connectivity index (χ3n) is 5.90. The number of hydrogen-bond donors (Lipinski definition) is 3. The zero-order valence-corrected chi connectivity index (χ0v) is 20.0. The number of benzene rings is 1. The molecule has 0 spiro atoms. The first kappa shape index (κ1) is 18.1. The number of aromatic hydroxyl groups is 1. The molecule has 0 saturated carbocycles. The molecule has 1 aromatic carbocycles. The van der Waals surface area contributed by atoms with Gasteiger partial charge in [-0.3, -0.25) is 4.79 Å². The van der Waals surface area contributed by atoms with Crippen LogP contribution in [0.15, 0.2) is 29.1 Å². The summed E-state index contributed by atoms with van der Waals surface area (Å²) in [6, 6.07) is 5.47. The Morgan fingerprint density at radius 2 is 2.06 bits per heavy atom. The Hall–Kier alpha value is -2.27. The minimum Gasteiger partial charge on any atom is -0.547 e. The van der Waals surface area contributed by atoms with E-state index in [0.29, 0.717) is 10.5 Å². The molecule has 0 bridgehead atoms. The number of phenols is 1. The van der Waals surface area contributed by atoms with Crippen LogP contribution in [0.1, 0.15) is 43.8 Å². The number of aliphatic hydroxyl groups excluding tert-OH is 1. The fourth-order valence-corrected chi connectivity index (χ4v) is 4.18. The van der Waals surface area contributed by atoms with Gasteiger partial charge in [0.25, 0.3) is 5.56 Å². The maximum atomic E-state index is 13.2. The number of phenolic OH excluding ortho intramolecular Hbond substituents is 1. The van der Waals surface area contributed by atoms with E-state index in [4.69, 9.17) is 8.22 Å². The zero-order chi connectivity index (χ0) is 28.4. The van der Waals surface area contributed by atoms with E-state index < -0.39 is 44.2 Å². The first-order chi connectivity index (χ1) is 17.5. The van der Waals surface area contributed by atoms with Crippen LogP contribution in [0, 0.1) is 0 Å². The van der Waals surface area contributed by atoms with Gasteiger partial charge in [-0.05, 0) is 44.6 Å². The SMILES string of the molecule is [2H]C([2H])([2H])N(Cc1c(O)ccc2nc3c(cc12)Cn1c-3cc(C(O)(CC)C(=O)[O-])c(CO)c1=O)C([2H])([2H])[2H].[Na+]. The Balaban J connectivity index is 0.00000420. The van der Waals surface area contributed by atoms with Gasteiger partial charge in [-0.2, -0.15) is 0 Å². The van der Waals surface area contributed by atoms with Crippen molar-refractivity contribution in [3.63, 3.8) is 0 Å². The van der Waals surface area contributed by atoms with Crippen molar-refractivity contribution in [1.82, 2.24) is 14.5 Å². The molecule has 0 radical (unpaired) electrons. The van der Waals surface area contributed by atoms with Crippen molar-refractivity contribution in [3.8, 4) is 17.1 Å². The predicted molar refractivity (Wildman–Crippen MR) is 115 cm³/mol. The molecule has 168 valence electrons. The van der Waals surface area contributed by atoms with Gasteiger partial charge < -0.3 is 34.7 Å². The number of aromatic nitrogens is 2. The Bertz CT molecular complexity index is 1510. The summed E-state index contributed by atoms with van der Waals surface area (Å²) in [5, 5.41) is 43.2. The molecule has 3 heterocycles. The standard InChI is InChI=1S/C23H25N3O6.Na/c1-4-23(32,22(30)31)16-8-18-20-12(9-26(18)21(29)15(16)11-27)7-13-14(10-25(2)3)19(28)6-5-17(13)24-20;/h5-8,27-28,32H,4,9-11H2,1-3H3,(H,30,31);/q;+1/p-1/i2D3,3D3;. The molecule has 2 aromatic heterocycles. The summed E-state index contributed by atoms with van der Waals surface area (Å²) in [5.74, 6) is -2.19. The van der Waals surface area contributed by atoms with Crippen LogP contribution >= 0.6 is 0 Å². The second kappa shape index (κ2) is 9.17. The first-order valence-corrected chi connectivity index (χ1v) is 9.79. The van der Waals surface area contributed by atoms with Crippen LogP contribution in [0.25, 0.3) is 22.3 Å². The number of fused-ring (bicyclic) bond motifs is 4. The Morgan fingerprint density at radius 1 is 1.33 bits per heavy atom. The molecule has 0 fully saturated rings. The first-order valence-electron chi connectivity index (χ1n) is 12.8. The normalized spacial score (nSPS) is 17.5. The van der Waals surface area contributed by atoms with Crippen molar-refractivity contribution in [1.29, 1.82) is 0 Å². The maximum absolute atomic E-state index is 13.2. The van der Waals surface area contributed by atoms with Gasteiger partial charge in [0, 0.05) is 42.4 Å². The minimum absolute atomic E-state index is 0. The molecular formula is C23H24N3NaO6. The fourth-order valence-electron chi connectivity index (χ4n) is 4.18. The van der Waals surface area contributed by atoms with Gasteiger partial charge in [-0.15, -0.1) is 0 Å². The number of hydrogen-bond acceptors (Lipinski definition) is 8. The molecule has 4 rings (SSSR count). The summed E-state index contributed by atoms with van der Waals surface area (Å²) in [4.78, 5) is 29.8. The van der Waals surface area contributed by atoms with Gasteiger partial charge in [0.15, 0.2) is 0 Å². The molecule has 0 aliphatic carbocycles. The van der Waals surface area contributed by atoms with Crippen LogP contribution < -0.4 is 40.2 Å². The number of carboxylic acid groups (broad SMARTS) is 1. The predicted octanol–water partition coefficient (Wildman–Crippen LogP) is -2.96. The summed E-state index contributed by atoms with van der Waals surface area (Å²) >= 11 is 0. The van der Waals surface area contributed by atoms with Crippen molar-refractivity contribution in [2.45, 2.75) is 38.6 Å². The third-order valence-corrected chi connectivity index (χ3v) is 5.90. The Morgan fingerprint density at radius 3 is 2.67 bits per heavy atom. The molecule has 3 N–H and O–H groups in total. The Kier molecular flexibility index (Phi) is 5.03. The molecule has 9 nitrogen and oxygen atoms in total. The van der Waals surface area contributed by atoms with Gasteiger partial charge in [-0.1, -0.05) is 6.92 Å². The van der Waals surface area contributed by atoms with Gasteiger partial charge in [0.2, 0.25) is 0 Å². The molecule has 1 aliphatic heterocycles. The van der Waals surface area contributed by atoms with E-state index in [1.165, 1.54) is 29.7 Å². The van der Waals surface area contributed by atoms with Crippen LogP contribution in [0.2, 0.25) is 0 Å². The molecule has 1 unspecified atom stereocenters. The smallest absolute Gasteiger partial charge is 0.547 e. The van der Waals surface area contributed by atoms with E-state index in [-0.39, 0.29) is 87.3 Å². The quantitative estimate of drug-likeness (QED) is 0.256. The van der Waals surface area contributed by atoms with Crippen molar-refractivity contribution < 1.29 is 63.0 Å². The molecule has 33 heavy (non-hydrogen) atoms. The second-order valence-corrected chi connectivity index (χ2v) is 7.68. The van der Waals surface area contributed by atoms with Crippen molar-refractivity contribution in [3.05, 3.63) is 56.9 Å². The average molecular weight is 467 g/mol. The van der Waals surface area contributed by atoms with Crippen molar-refractivity contribution in [2.75, 3.05) is 14.0 Å². The number of aliphatic carboxylic acids is 1. The fraction of sp³-hybridized carbons (Fsp3) is 0.348. The van der Waals surface area contributed by atoms with Crippen molar-refractivity contribution in [2.24, 2.45) is 0 Å². The number of pyridine rings is 2. The van der Waals surface area contributed by atoms with E-state index in [1.54, 1.807) is 6.07 Å². The van der Waals surface area contributed by atoms with E-state index in [1.807, 2.05) is 0 Å². The topological polar surface area (TPSA) is 139 Å². The van der Waals surface area contributed by atoms with Gasteiger partial charge in [-0.25, -0.2) is 4.98 Å². The van der Waals surface area contributed by atoms with Crippen LogP contribution in [0.3, 0.4) is 0 Å². The number of carbonyl (C=O) groups excluding carboxylic acids is 1. The van der Waals surface area contributed by atoms with Gasteiger partial charge >= 0.3 is 29.6 Å². The Labute approximate surface area is 220 Å². The van der Waals surface area contributed by atoms with Crippen molar-refractivity contribution >= 4 is 16.9 Å². The molecule has 0 saturated heterocycles. The second-order valence-electron chi connectivity index (χ2n) is 7.68. The largest absolute Gasteiger partial charge is 1.00 e. The average Bonchev–Trinajstić information content (AvgIpc) is 3.17. The summed E-state index contributed by atoms with van der Waals surface area (Å²) in [6.07, 6.45) is -0.338. The van der Waals surface area contributed by atoms with Crippen LogP contribution in [-0.4, -0.2) is 49.7 Å². The minimum atomic E-state index is -3.00. The molecule has 3 aromatic rings. The summed E-state index contributed by atoms with van der Waals surface area (Å²) < 4.78 is 47.1. The van der Waals surface area contributed by atoms with E-state index in [2.05, 4.69) is 4.98 Å². The number of aliphatic hydroxyl groups is 2. The number of carbonyl (C=O) groups is 1. The summed E-state index contributed by atoms with van der Waals surface area (Å²) in [5.41, 5.74) is -2.80. The van der Waals surface area contributed by atoms with Crippen LogP contribution in [0.4, 0.5) is 0 Å². The van der Waals surface area contributed by atoms with Gasteiger partial charge in [0.1, 0.15) is 11.4 Å². The number of rotatable bonds is 6. The van der Waals surface area contributed by atoms with E-state index in [9.17, 15) is 30.0 Å². The number of carboxylic acids is 1.